The van der Waals surface area contributed by atoms with E-state index in [2.05, 4.69) is 16.4 Å². The molecule has 1 heterocycles. The molecule has 0 unspecified atom stereocenters. The van der Waals surface area contributed by atoms with Crippen LogP contribution in [0, 0.1) is 11.3 Å². The van der Waals surface area contributed by atoms with Crippen molar-refractivity contribution in [1.29, 1.82) is 5.26 Å². The van der Waals surface area contributed by atoms with Crippen molar-refractivity contribution >= 4 is 22.4 Å². The summed E-state index contributed by atoms with van der Waals surface area (Å²) in [5, 5.41) is 14.2. The third-order valence-corrected chi connectivity index (χ3v) is 4.56. The van der Waals surface area contributed by atoms with Gasteiger partial charge in [0.05, 0.1) is 31.7 Å². The van der Waals surface area contributed by atoms with Crippen LogP contribution in [-0.4, -0.2) is 18.0 Å². The summed E-state index contributed by atoms with van der Waals surface area (Å²) in [5.74, 6) is 0.582. The van der Waals surface area contributed by atoms with E-state index in [1.54, 1.807) is 7.11 Å². The van der Waals surface area contributed by atoms with E-state index in [-0.39, 0.29) is 12.3 Å². The summed E-state index contributed by atoms with van der Waals surface area (Å²) < 4.78 is 5.28. The van der Waals surface area contributed by atoms with Gasteiger partial charge in [-0.1, -0.05) is 30.3 Å². The zero-order valence-corrected chi connectivity index (χ0v) is 15.0. The number of amides is 1. The maximum Gasteiger partial charge on any atom is 0.230 e. The number of thiazole rings is 1. The van der Waals surface area contributed by atoms with Gasteiger partial charge in [0.25, 0.3) is 0 Å². The zero-order valence-electron chi connectivity index (χ0n) is 14.2. The van der Waals surface area contributed by atoms with Crippen molar-refractivity contribution in [3.8, 4) is 23.1 Å². The second kappa shape index (κ2) is 8.28. The minimum atomic E-state index is -0.1000. The molecule has 0 saturated heterocycles. The minimum absolute atomic E-state index is 0.1000. The highest BCUT2D eigenvalue weighted by molar-refractivity contribution is 7.14. The van der Waals surface area contributed by atoms with Crippen molar-refractivity contribution in [2.75, 3.05) is 12.4 Å². The van der Waals surface area contributed by atoms with Gasteiger partial charge in [0, 0.05) is 16.5 Å². The van der Waals surface area contributed by atoms with E-state index in [1.165, 1.54) is 11.3 Å². The number of carbonyl (C=O) groups is 1. The van der Waals surface area contributed by atoms with Crippen LogP contribution in [0.4, 0.5) is 5.13 Å². The molecule has 1 amide bonds. The van der Waals surface area contributed by atoms with Gasteiger partial charge >= 0.3 is 0 Å². The van der Waals surface area contributed by atoms with Gasteiger partial charge in [-0.05, 0) is 23.8 Å². The van der Waals surface area contributed by atoms with Crippen LogP contribution in [0.5, 0.6) is 5.75 Å². The van der Waals surface area contributed by atoms with Gasteiger partial charge in [0.1, 0.15) is 5.75 Å². The largest absolute Gasteiger partial charge is 0.496 e. The van der Waals surface area contributed by atoms with Crippen LogP contribution in [-0.2, 0) is 17.6 Å². The number of hydrogen-bond donors (Lipinski definition) is 1. The summed E-state index contributed by atoms with van der Waals surface area (Å²) in [5.41, 5.74) is 3.41. The first kappa shape index (κ1) is 17.6. The lowest BCUT2D eigenvalue weighted by molar-refractivity contribution is -0.115. The topological polar surface area (TPSA) is 75.0 Å². The predicted molar refractivity (Wildman–Crippen MR) is 102 cm³/mol. The summed E-state index contributed by atoms with van der Waals surface area (Å²) in [7, 11) is 1.58. The molecule has 0 aliphatic rings. The Hall–Kier alpha value is -3.17. The van der Waals surface area contributed by atoms with Crippen LogP contribution in [0.3, 0.4) is 0 Å². The Labute approximate surface area is 155 Å². The molecule has 130 valence electrons. The molecule has 3 aromatic rings. The van der Waals surface area contributed by atoms with Gasteiger partial charge in [-0.15, -0.1) is 11.3 Å². The first-order chi connectivity index (χ1) is 12.7. The Morgan fingerprint density at radius 2 is 2.08 bits per heavy atom. The number of anilines is 1. The van der Waals surface area contributed by atoms with E-state index in [4.69, 9.17) is 10.00 Å². The Bertz CT molecular complexity index is 945. The van der Waals surface area contributed by atoms with E-state index in [9.17, 15) is 4.79 Å². The Morgan fingerprint density at radius 3 is 2.81 bits per heavy atom. The van der Waals surface area contributed by atoms with Crippen molar-refractivity contribution in [2.45, 2.75) is 12.8 Å². The number of methoxy groups -OCH3 is 1. The lowest BCUT2D eigenvalue weighted by atomic mass is 10.1. The van der Waals surface area contributed by atoms with Crippen LogP contribution in [0.2, 0.25) is 0 Å². The number of benzene rings is 2. The average molecular weight is 363 g/mol. The van der Waals surface area contributed by atoms with Crippen molar-refractivity contribution in [2.24, 2.45) is 0 Å². The molecule has 0 aliphatic carbocycles. The lowest BCUT2D eigenvalue weighted by Crippen LogP contribution is -2.14. The summed E-state index contributed by atoms with van der Waals surface area (Å²) in [6, 6.07) is 17.3. The van der Waals surface area contributed by atoms with E-state index < -0.39 is 0 Å². The van der Waals surface area contributed by atoms with Gasteiger partial charge in [-0.25, -0.2) is 4.98 Å². The van der Waals surface area contributed by atoms with Gasteiger partial charge < -0.3 is 10.1 Å². The Kier molecular flexibility index (Phi) is 5.62. The van der Waals surface area contributed by atoms with E-state index in [1.807, 2.05) is 53.9 Å². The van der Waals surface area contributed by atoms with Gasteiger partial charge in [-0.2, -0.15) is 5.26 Å². The minimum Gasteiger partial charge on any atom is -0.496 e. The second-order valence-corrected chi connectivity index (χ2v) is 6.47. The highest BCUT2D eigenvalue weighted by atomic mass is 32.1. The molecule has 0 spiro atoms. The highest BCUT2D eigenvalue weighted by Crippen LogP contribution is 2.29. The molecule has 0 radical (unpaired) electrons. The molecule has 3 rings (SSSR count). The number of ether oxygens (including phenoxy) is 1. The number of hydrogen-bond acceptors (Lipinski definition) is 5. The Balaban J connectivity index is 1.72. The van der Waals surface area contributed by atoms with Crippen molar-refractivity contribution < 1.29 is 9.53 Å². The number of aromatic nitrogens is 1. The average Bonchev–Trinajstić information content (AvgIpc) is 3.11. The summed E-state index contributed by atoms with van der Waals surface area (Å²) in [6.45, 7) is 0. The molecule has 0 bridgehead atoms. The van der Waals surface area contributed by atoms with Crippen molar-refractivity contribution in [3.05, 3.63) is 65.0 Å². The summed E-state index contributed by atoms with van der Waals surface area (Å²) in [4.78, 5) is 16.6. The normalized spacial score (nSPS) is 10.2. The van der Waals surface area contributed by atoms with Crippen LogP contribution in [0.25, 0.3) is 11.3 Å². The Morgan fingerprint density at radius 1 is 1.27 bits per heavy atom. The summed E-state index contributed by atoms with van der Waals surface area (Å²) in [6.07, 6.45) is 0.576. The van der Waals surface area contributed by atoms with Crippen LogP contribution in [0.1, 0.15) is 11.1 Å². The van der Waals surface area contributed by atoms with Crippen molar-refractivity contribution in [1.82, 2.24) is 4.98 Å². The first-order valence-corrected chi connectivity index (χ1v) is 8.91. The van der Waals surface area contributed by atoms with E-state index >= 15 is 0 Å². The molecule has 1 N–H and O–H groups in total. The van der Waals surface area contributed by atoms with Gasteiger partial charge in [0.15, 0.2) is 5.13 Å². The number of nitriles is 1. The van der Waals surface area contributed by atoms with Crippen LogP contribution in [0.15, 0.2) is 53.9 Å². The maximum atomic E-state index is 12.2. The number of nitrogens with one attached hydrogen (secondary N) is 1. The molecule has 5 nitrogen and oxygen atoms in total. The zero-order chi connectivity index (χ0) is 18.4. The fourth-order valence-corrected chi connectivity index (χ4v) is 3.31. The highest BCUT2D eigenvalue weighted by Gasteiger charge is 2.11. The molecule has 26 heavy (non-hydrogen) atoms. The SMILES string of the molecule is COc1ccc(-c2csc(NC(=O)Cc3ccccc3)n2)cc1CC#N. The van der Waals surface area contributed by atoms with Gasteiger partial charge in [0.2, 0.25) is 5.91 Å². The number of carbonyl (C=O) groups excluding carboxylic acids is 1. The lowest BCUT2D eigenvalue weighted by Gasteiger charge is -2.07. The van der Waals surface area contributed by atoms with Gasteiger partial charge in [-0.3, -0.25) is 4.79 Å². The van der Waals surface area contributed by atoms with Crippen LogP contribution < -0.4 is 10.1 Å². The second-order valence-electron chi connectivity index (χ2n) is 5.61. The molecular weight excluding hydrogens is 346 g/mol. The van der Waals surface area contributed by atoms with Crippen LogP contribution >= 0.6 is 11.3 Å². The molecule has 2 aromatic carbocycles. The molecule has 0 fully saturated rings. The molecule has 6 heteroatoms. The number of rotatable bonds is 6. The standard InChI is InChI=1S/C20H17N3O2S/c1-25-18-8-7-15(12-16(18)9-10-21)17-13-26-20(22-17)23-19(24)11-14-5-3-2-4-6-14/h2-8,12-13H,9,11H2,1H3,(H,22,23,24). The van der Waals surface area contributed by atoms with E-state index in [0.29, 0.717) is 17.3 Å². The quantitative estimate of drug-likeness (QED) is 0.716. The smallest absolute Gasteiger partial charge is 0.230 e. The molecule has 0 aliphatic heterocycles. The molecular formula is C20H17N3O2S. The molecule has 1 aromatic heterocycles. The monoisotopic (exact) mass is 363 g/mol. The van der Waals surface area contributed by atoms with Crippen molar-refractivity contribution in [3.63, 3.8) is 0 Å². The third kappa shape index (κ3) is 4.26. The third-order valence-electron chi connectivity index (χ3n) is 3.80. The fraction of sp³-hybridized carbons (Fsp3) is 0.150. The predicted octanol–water partition coefficient (Wildman–Crippen LogP) is 4.07. The molecule has 0 saturated carbocycles. The molecule has 0 atom stereocenters. The maximum absolute atomic E-state index is 12.2. The number of nitrogens with zero attached hydrogens (tertiary/aromatic N) is 2. The first-order valence-electron chi connectivity index (χ1n) is 8.03. The fourth-order valence-electron chi connectivity index (χ4n) is 2.57. The summed E-state index contributed by atoms with van der Waals surface area (Å²) >= 11 is 1.37. The van der Waals surface area contributed by atoms with E-state index in [0.717, 1.165) is 22.4 Å².